The summed E-state index contributed by atoms with van der Waals surface area (Å²) in [4.78, 5) is 2.31. The minimum absolute atomic E-state index is 0.313. The van der Waals surface area contributed by atoms with Crippen LogP contribution in [0.2, 0.25) is 0 Å². The molecule has 2 N–H and O–H groups in total. The quantitative estimate of drug-likeness (QED) is 0.826. The minimum atomic E-state index is 0.313. The summed E-state index contributed by atoms with van der Waals surface area (Å²) < 4.78 is 0. The van der Waals surface area contributed by atoms with Crippen molar-refractivity contribution >= 4 is 5.69 Å². The maximum atomic E-state index is 5.75. The SMILES string of the molecule is Cc1cc(C)cc(N(C)CCCC(C)N)c1. The lowest BCUT2D eigenvalue weighted by Crippen LogP contribution is -2.22. The Bertz CT molecular complexity index is 311. The molecule has 1 rings (SSSR count). The molecule has 2 heteroatoms. The smallest absolute Gasteiger partial charge is 0.0368 e. The molecule has 0 spiro atoms. The van der Waals surface area contributed by atoms with Crippen LogP contribution in [0.1, 0.15) is 30.9 Å². The summed E-state index contributed by atoms with van der Waals surface area (Å²) in [6, 6.07) is 6.99. The van der Waals surface area contributed by atoms with E-state index in [-0.39, 0.29) is 0 Å². The number of benzene rings is 1. The van der Waals surface area contributed by atoms with Gasteiger partial charge in [0.1, 0.15) is 0 Å². The fraction of sp³-hybridized carbons (Fsp3) is 0.571. The van der Waals surface area contributed by atoms with Gasteiger partial charge in [0.05, 0.1) is 0 Å². The highest BCUT2D eigenvalue weighted by Crippen LogP contribution is 2.17. The average Bonchev–Trinajstić information content (AvgIpc) is 2.15. The molecule has 1 aromatic rings. The van der Waals surface area contributed by atoms with Crippen LogP contribution in [0.5, 0.6) is 0 Å². The molecular weight excluding hydrogens is 196 g/mol. The number of aryl methyl sites for hydroxylation is 2. The summed E-state index contributed by atoms with van der Waals surface area (Å²) in [7, 11) is 2.15. The number of anilines is 1. The Labute approximate surface area is 99.5 Å². The predicted molar refractivity (Wildman–Crippen MR) is 72.1 cm³/mol. The Kier molecular flexibility index (Phi) is 4.81. The summed E-state index contributed by atoms with van der Waals surface area (Å²) >= 11 is 0. The van der Waals surface area contributed by atoms with Gasteiger partial charge in [-0.25, -0.2) is 0 Å². The van der Waals surface area contributed by atoms with Crippen molar-refractivity contribution in [1.82, 2.24) is 0 Å². The highest BCUT2D eigenvalue weighted by atomic mass is 15.1. The van der Waals surface area contributed by atoms with Crippen LogP contribution in [0.25, 0.3) is 0 Å². The van der Waals surface area contributed by atoms with E-state index in [1.165, 1.54) is 16.8 Å². The normalized spacial score (nSPS) is 12.6. The molecular formula is C14H24N2. The Balaban J connectivity index is 2.55. The first kappa shape index (κ1) is 13.0. The molecule has 0 aliphatic heterocycles. The molecule has 2 nitrogen and oxygen atoms in total. The number of nitrogens with zero attached hydrogens (tertiary/aromatic N) is 1. The van der Waals surface area contributed by atoms with Crippen LogP contribution in [-0.4, -0.2) is 19.6 Å². The summed E-state index contributed by atoms with van der Waals surface area (Å²) in [6.45, 7) is 7.43. The number of hydrogen-bond donors (Lipinski definition) is 1. The van der Waals surface area contributed by atoms with Gasteiger partial charge in [-0.2, -0.15) is 0 Å². The van der Waals surface area contributed by atoms with Gasteiger partial charge >= 0.3 is 0 Å². The van der Waals surface area contributed by atoms with Crippen LogP contribution in [0.3, 0.4) is 0 Å². The van der Waals surface area contributed by atoms with E-state index in [1.54, 1.807) is 0 Å². The summed E-state index contributed by atoms with van der Waals surface area (Å²) in [5.41, 5.74) is 9.71. The van der Waals surface area contributed by atoms with E-state index >= 15 is 0 Å². The van der Waals surface area contributed by atoms with E-state index in [1.807, 2.05) is 0 Å². The van der Waals surface area contributed by atoms with Gasteiger partial charge in [-0.15, -0.1) is 0 Å². The molecule has 0 radical (unpaired) electrons. The van der Waals surface area contributed by atoms with E-state index < -0.39 is 0 Å². The second-order valence-electron chi connectivity index (χ2n) is 4.89. The van der Waals surface area contributed by atoms with Gasteiger partial charge in [0.15, 0.2) is 0 Å². The van der Waals surface area contributed by atoms with Crippen LogP contribution in [0.15, 0.2) is 18.2 Å². The molecule has 0 aliphatic carbocycles. The molecule has 1 atom stereocenters. The first-order valence-corrected chi connectivity index (χ1v) is 6.04. The molecule has 0 saturated heterocycles. The van der Waals surface area contributed by atoms with Gasteiger partial charge in [-0.1, -0.05) is 6.07 Å². The molecule has 0 aliphatic rings. The lowest BCUT2D eigenvalue weighted by molar-refractivity contribution is 0.621. The van der Waals surface area contributed by atoms with Crippen LogP contribution >= 0.6 is 0 Å². The van der Waals surface area contributed by atoms with Gasteiger partial charge in [-0.05, 0) is 56.9 Å². The van der Waals surface area contributed by atoms with Crippen molar-refractivity contribution in [3.05, 3.63) is 29.3 Å². The molecule has 16 heavy (non-hydrogen) atoms. The Morgan fingerprint density at radius 3 is 2.25 bits per heavy atom. The Morgan fingerprint density at radius 2 is 1.75 bits per heavy atom. The van der Waals surface area contributed by atoms with Crippen molar-refractivity contribution in [3.63, 3.8) is 0 Å². The third-order valence-electron chi connectivity index (χ3n) is 2.80. The van der Waals surface area contributed by atoms with Crippen LogP contribution in [0.4, 0.5) is 5.69 Å². The van der Waals surface area contributed by atoms with E-state index in [4.69, 9.17) is 5.73 Å². The van der Waals surface area contributed by atoms with E-state index in [0.717, 1.165) is 19.4 Å². The molecule has 0 saturated carbocycles. The van der Waals surface area contributed by atoms with E-state index in [2.05, 4.69) is 50.9 Å². The maximum Gasteiger partial charge on any atom is 0.0368 e. The zero-order valence-corrected chi connectivity index (χ0v) is 11.0. The third kappa shape index (κ3) is 4.23. The second-order valence-corrected chi connectivity index (χ2v) is 4.89. The molecule has 90 valence electrons. The topological polar surface area (TPSA) is 29.3 Å². The number of rotatable bonds is 5. The lowest BCUT2D eigenvalue weighted by Gasteiger charge is -2.20. The summed E-state index contributed by atoms with van der Waals surface area (Å²) in [5.74, 6) is 0. The van der Waals surface area contributed by atoms with Gasteiger partial charge in [-0.3, -0.25) is 0 Å². The fourth-order valence-corrected chi connectivity index (χ4v) is 1.95. The molecule has 1 aromatic carbocycles. The van der Waals surface area contributed by atoms with Crippen molar-refractivity contribution in [3.8, 4) is 0 Å². The highest BCUT2D eigenvalue weighted by molar-refractivity contribution is 5.50. The fourth-order valence-electron chi connectivity index (χ4n) is 1.95. The van der Waals surface area contributed by atoms with E-state index in [0.29, 0.717) is 6.04 Å². The Hall–Kier alpha value is -1.02. The monoisotopic (exact) mass is 220 g/mol. The predicted octanol–water partition coefficient (Wildman–Crippen LogP) is 2.87. The van der Waals surface area contributed by atoms with E-state index in [9.17, 15) is 0 Å². The van der Waals surface area contributed by atoms with Gasteiger partial charge in [0, 0.05) is 25.3 Å². The molecule has 0 bridgehead atoms. The van der Waals surface area contributed by atoms with Crippen molar-refractivity contribution < 1.29 is 0 Å². The van der Waals surface area contributed by atoms with Crippen molar-refractivity contribution in [2.75, 3.05) is 18.5 Å². The third-order valence-corrected chi connectivity index (χ3v) is 2.80. The number of nitrogens with two attached hydrogens (primary N) is 1. The van der Waals surface area contributed by atoms with Gasteiger partial charge in [0.25, 0.3) is 0 Å². The summed E-state index contributed by atoms with van der Waals surface area (Å²) in [6.07, 6.45) is 2.25. The van der Waals surface area contributed by atoms with Gasteiger partial charge < -0.3 is 10.6 Å². The van der Waals surface area contributed by atoms with Gasteiger partial charge in [0.2, 0.25) is 0 Å². The lowest BCUT2D eigenvalue weighted by atomic mass is 10.1. The average molecular weight is 220 g/mol. The highest BCUT2D eigenvalue weighted by Gasteiger charge is 2.03. The zero-order chi connectivity index (χ0) is 12.1. The van der Waals surface area contributed by atoms with Crippen LogP contribution in [-0.2, 0) is 0 Å². The number of hydrogen-bond acceptors (Lipinski definition) is 2. The molecule has 0 aromatic heterocycles. The second kappa shape index (κ2) is 5.90. The Morgan fingerprint density at radius 1 is 1.19 bits per heavy atom. The first-order valence-electron chi connectivity index (χ1n) is 6.04. The van der Waals surface area contributed by atoms with Crippen LogP contribution in [0, 0.1) is 13.8 Å². The van der Waals surface area contributed by atoms with Crippen LogP contribution < -0.4 is 10.6 Å². The van der Waals surface area contributed by atoms with Crippen molar-refractivity contribution in [2.45, 2.75) is 39.7 Å². The minimum Gasteiger partial charge on any atom is -0.375 e. The molecule has 1 unspecified atom stereocenters. The maximum absolute atomic E-state index is 5.75. The van der Waals surface area contributed by atoms with Crippen molar-refractivity contribution in [2.24, 2.45) is 5.73 Å². The first-order chi connectivity index (χ1) is 7.49. The molecule has 0 heterocycles. The molecule has 0 fully saturated rings. The standard InChI is InChI=1S/C14H24N2/c1-11-8-12(2)10-14(9-11)16(4)7-5-6-13(3)15/h8-10,13H,5-7,15H2,1-4H3. The summed E-state index contributed by atoms with van der Waals surface area (Å²) in [5, 5.41) is 0. The molecule has 0 amide bonds. The van der Waals surface area contributed by atoms with Crippen molar-refractivity contribution in [1.29, 1.82) is 0 Å². The largest absolute Gasteiger partial charge is 0.375 e. The zero-order valence-electron chi connectivity index (χ0n) is 11.0.